The van der Waals surface area contributed by atoms with Crippen LogP contribution in [0.5, 0.6) is 0 Å². The lowest BCUT2D eigenvalue weighted by Crippen LogP contribution is -2.35. The summed E-state index contributed by atoms with van der Waals surface area (Å²) in [5.74, 6) is 0. The van der Waals surface area contributed by atoms with Crippen LogP contribution in [0.4, 0.5) is 0 Å². The maximum absolute atomic E-state index is 12.9. The predicted molar refractivity (Wildman–Crippen MR) is 96.1 cm³/mol. The zero-order valence-corrected chi connectivity index (χ0v) is 14.9. The van der Waals surface area contributed by atoms with Crippen LogP contribution in [0.2, 0.25) is 10.0 Å². The minimum Gasteiger partial charge on any atom is -0.358 e. The quantitative estimate of drug-likeness (QED) is 0.723. The van der Waals surface area contributed by atoms with Crippen LogP contribution in [0.1, 0.15) is 11.3 Å². The second-order valence-corrected chi connectivity index (χ2v) is 8.63. The highest BCUT2D eigenvalue weighted by Crippen LogP contribution is 2.32. The first-order valence-electron chi connectivity index (χ1n) is 7.50. The molecule has 124 valence electrons. The summed E-state index contributed by atoms with van der Waals surface area (Å²) in [5, 5.41) is 2.14. The van der Waals surface area contributed by atoms with Crippen molar-refractivity contribution in [1.82, 2.24) is 9.29 Å². The fourth-order valence-corrected chi connectivity index (χ4v) is 4.83. The van der Waals surface area contributed by atoms with Gasteiger partial charge in [-0.15, -0.1) is 0 Å². The highest BCUT2D eigenvalue weighted by atomic mass is 35.5. The van der Waals surface area contributed by atoms with Crippen LogP contribution in [-0.2, 0) is 23.0 Å². The van der Waals surface area contributed by atoms with Gasteiger partial charge >= 0.3 is 0 Å². The second-order valence-electron chi connectivity index (χ2n) is 5.81. The smallest absolute Gasteiger partial charge is 0.243 e. The summed E-state index contributed by atoms with van der Waals surface area (Å²) in [4.78, 5) is 3.62. The first-order chi connectivity index (χ1) is 11.4. The molecule has 0 aliphatic carbocycles. The minimum absolute atomic E-state index is 0.258. The number of benzene rings is 2. The van der Waals surface area contributed by atoms with Crippen molar-refractivity contribution in [1.29, 1.82) is 0 Å². The Balaban J connectivity index is 1.74. The first-order valence-corrected chi connectivity index (χ1v) is 9.69. The van der Waals surface area contributed by atoms with Crippen molar-refractivity contribution in [2.24, 2.45) is 0 Å². The van der Waals surface area contributed by atoms with E-state index in [1.54, 1.807) is 24.3 Å². The van der Waals surface area contributed by atoms with Crippen LogP contribution in [0, 0.1) is 0 Å². The van der Waals surface area contributed by atoms with E-state index in [0.717, 1.165) is 22.2 Å². The highest BCUT2D eigenvalue weighted by molar-refractivity contribution is 7.89. The molecule has 1 aliphatic rings. The van der Waals surface area contributed by atoms with E-state index < -0.39 is 10.0 Å². The molecular weight excluding hydrogens is 367 g/mol. The topological polar surface area (TPSA) is 53.2 Å². The molecule has 4 rings (SSSR count). The van der Waals surface area contributed by atoms with E-state index in [0.29, 0.717) is 29.6 Å². The minimum atomic E-state index is -3.55. The van der Waals surface area contributed by atoms with Gasteiger partial charge in [-0.2, -0.15) is 4.31 Å². The summed E-state index contributed by atoms with van der Waals surface area (Å²) in [5.41, 5.74) is 3.06. The van der Waals surface area contributed by atoms with Crippen LogP contribution >= 0.6 is 23.2 Å². The third kappa shape index (κ3) is 2.62. The summed E-state index contributed by atoms with van der Waals surface area (Å²) < 4.78 is 27.3. The van der Waals surface area contributed by atoms with Crippen LogP contribution in [0.25, 0.3) is 10.9 Å². The largest absolute Gasteiger partial charge is 0.358 e. The van der Waals surface area contributed by atoms with Crippen molar-refractivity contribution in [3.8, 4) is 0 Å². The molecule has 4 nitrogen and oxygen atoms in total. The number of nitrogens with zero attached hydrogens (tertiary/aromatic N) is 1. The number of fused-ring (bicyclic) bond motifs is 3. The van der Waals surface area contributed by atoms with Gasteiger partial charge in [-0.1, -0.05) is 23.2 Å². The number of sulfonamides is 1. The average Bonchev–Trinajstić information content (AvgIpc) is 2.92. The number of aromatic nitrogens is 1. The van der Waals surface area contributed by atoms with Crippen LogP contribution in [0.3, 0.4) is 0 Å². The molecule has 24 heavy (non-hydrogen) atoms. The lowest BCUT2D eigenvalue weighted by Gasteiger charge is -2.26. The van der Waals surface area contributed by atoms with Gasteiger partial charge in [-0.05, 0) is 48.0 Å². The standard InChI is InChI=1S/C17H14Cl2N2O2S/c18-11-1-4-13(5-2-11)24(22,23)21-8-7-17-15(10-21)14-9-12(19)3-6-16(14)20-17/h1-6,9,20H,7-8,10H2. The van der Waals surface area contributed by atoms with E-state index in [-0.39, 0.29) is 4.90 Å². The van der Waals surface area contributed by atoms with Crippen LogP contribution in [0.15, 0.2) is 47.4 Å². The van der Waals surface area contributed by atoms with Gasteiger partial charge in [0.05, 0.1) is 4.90 Å². The van der Waals surface area contributed by atoms with Crippen molar-refractivity contribution in [2.75, 3.05) is 6.54 Å². The van der Waals surface area contributed by atoms with Gasteiger partial charge in [0.15, 0.2) is 0 Å². The Hall–Kier alpha value is -1.53. The fraction of sp³-hybridized carbons (Fsp3) is 0.176. The zero-order chi connectivity index (χ0) is 16.9. The van der Waals surface area contributed by atoms with Gasteiger partial charge in [0, 0.05) is 46.2 Å². The Morgan fingerprint density at radius 1 is 1.00 bits per heavy atom. The number of H-pyrrole nitrogens is 1. The number of nitrogens with one attached hydrogen (secondary N) is 1. The molecule has 2 aromatic carbocycles. The Bertz CT molecular complexity index is 1030. The maximum atomic E-state index is 12.9. The van der Waals surface area contributed by atoms with E-state index >= 15 is 0 Å². The third-order valence-corrected chi connectivity index (χ3v) is 6.70. The molecule has 0 amide bonds. The Morgan fingerprint density at radius 3 is 2.46 bits per heavy atom. The SMILES string of the molecule is O=S(=O)(c1ccc(Cl)cc1)N1CCc2[nH]c3ccc(Cl)cc3c2C1. The third-order valence-electron chi connectivity index (χ3n) is 4.35. The molecule has 0 bridgehead atoms. The van der Waals surface area contributed by atoms with Gasteiger partial charge in [0.1, 0.15) is 0 Å². The molecule has 0 fully saturated rings. The summed E-state index contributed by atoms with van der Waals surface area (Å²) in [7, 11) is -3.55. The first kappa shape index (κ1) is 16.0. The average molecular weight is 381 g/mol. The predicted octanol–water partition coefficient (Wildman–Crippen LogP) is 4.22. The maximum Gasteiger partial charge on any atom is 0.243 e. The summed E-state index contributed by atoms with van der Waals surface area (Å²) >= 11 is 12.0. The van der Waals surface area contributed by atoms with Crippen molar-refractivity contribution in [3.05, 3.63) is 63.8 Å². The molecule has 0 radical (unpaired) electrons. The Kier molecular flexibility index (Phi) is 3.84. The molecular formula is C17H14Cl2N2O2S. The number of halogens is 2. The summed E-state index contributed by atoms with van der Waals surface area (Å²) in [6, 6.07) is 11.9. The van der Waals surface area contributed by atoms with Gasteiger partial charge in [-0.25, -0.2) is 8.42 Å². The van der Waals surface area contributed by atoms with Crippen LogP contribution < -0.4 is 0 Å². The van der Waals surface area contributed by atoms with Crippen molar-refractivity contribution >= 4 is 44.1 Å². The fourth-order valence-electron chi connectivity index (χ4n) is 3.12. The van der Waals surface area contributed by atoms with Crippen molar-refractivity contribution < 1.29 is 8.42 Å². The molecule has 2 heterocycles. The van der Waals surface area contributed by atoms with Gasteiger partial charge < -0.3 is 4.98 Å². The second kappa shape index (κ2) is 5.77. The summed E-state index contributed by atoms with van der Waals surface area (Å²) in [6.07, 6.45) is 0.647. The molecule has 0 saturated heterocycles. The van der Waals surface area contributed by atoms with Crippen LogP contribution in [-0.4, -0.2) is 24.3 Å². The van der Waals surface area contributed by atoms with E-state index in [4.69, 9.17) is 23.2 Å². The number of hydrogen-bond donors (Lipinski definition) is 1. The number of hydrogen-bond acceptors (Lipinski definition) is 2. The van der Waals surface area contributed by atoms with Crippen molar-refractivity contribution in [3.63, 3.8) is 0 Å². The molecule has 0 saturated carbocycles. The number of aromatic amines is 1. The normalized spacial score (nSPS) is 15.6. The Labute approximate surface area is 150 Å². The zero-order valence-electron chi connectivity index (χ0n) is 12.6. The molecule has 0 spiro atoms. The molecule has 1 aliphatic heterocycles. The van der Waals surface area contributed by atoms with E-state index in [2.05, 4.69) is 4.98 Å². The van der Waals surface area contributed by atoms with Gasteiger partial charge in [0.2, 0.25) is 10.0 Å². The Morgan fingerprint density at radius 2 is 1.71 bits per heavy atom. The molecule has 0 atom stereocenters. The molecule has 1 N–H and O–H groups in total. The molecule has 7 heteroatoms. The highest BCUT2D eigenvalue weighted by Gasteiger charge is 2.30. The molecule has 3 aromatic rings. The number of rotatable bonds is 2. The molecule has 1 aromatic heterocycles. The monoisotopic (exact) mass is 380 g/mol. The lowest BCUT2D eigenvalue weighted by atomic mass is 10.1. The van der Waals surface area contributed by atoms with Crippen molar-refractivity contribution in [2.45, 2.75) is 17.9 Å². The van der Waals surface area contributed by atoms with E-state index in [1.807, 2.05) is 18.2 Å². The van der Waals surface area contributed by atoms with E-state index in [9.17, 15) is 8.42 Å². The van der Waals surface area contributed by atoms with Gasteiger partial charge in [0.25, 0.3) is 0 Å². The van der Waals surface area contributed by atoms with Gasteiger partial charge in [-0.3, -0.25) is 0 Å². The van der Waals surface area contributed by atoms with E-state index in [1.165, 1.54) is 4.31 Å². The molecule has 0 unspecified atom stereocenters. The summed E-state index contributed by atoms with van der Waals surface area (Å²) in [6.45, 7) is 0.777. The lowest BCUT2D eigenvalue weighted by molar-refractivity contribution is 0.391.